The third-order valence-corrected chi connectivity index (χ3v) is 5.95. The number of nitrogens with zero attached hydrogens (tertiary/aromatic N) is 3. The third kappa shape index (κ3) is 5.13. The second-order valence-electron chi connectivity index (χ2n) is 8.87. The lowest BCUT2D eigenvalue weighted by Gasteiger charge is -2.38. The Kier molecular flexibility index (Phi) is 6.63. The van der Waals surface area contributed by atoms with Crippen LogP contribution in [0.3, 0.4) is 0 Å². The number of rotatable bonds is 7. The van der Waals surface area contributed by atoms with E-state index in [-0.39, 0.29) is 17.9 Å². The van der Waals surface area contributed by atoms with Crippen molar-refractivity contribution < 1.29 is 19.1 Å². The van der Waals surface area contributed by atoms with Crippen molar-refractivity contribution in [3.05, 3.63) is 0 Å². The molecular formula is C20H35N3O4. The molecule has 0 unspecified atom stereocenters. The van der Waals surface area contributed by atoms with Crippen molar-refractivity contribution in [1.82, 2.24) is 14.7 Å². The summed E-state index contributed by atoms with van der Waals surface area (Å²) in [5, 5.41) is 0. The van der Waals surface area contributed by atoms with E-state index in [0.29, 0.717) is 38.8 Å². The van der Waals surface area contributed by atoms with Gasteiger partial charge in [-0.2, -0.15) is 0 Å². The summed E-state index contributed by atoms with van der Waals surface area (Å²) in [7, 11) is 2.13. The van der Waals surface area contributed by atoms with Crippen LogP contribution in [0.2, 0.25) is 0 Å². The summed E-state index contributed by atoms with van der Waals surface area (Å²) in [5.41, 5.74) is -0.399. The molecular weight excluding hydrogens is 346 g/mol. The first kappa shape index (κ1) is 20.4. The highest BCUT2D eigenvalue weighted by Crippen LogP contribution is 2.34. The molecule has 1 spiro atoms. The van der Waals surface area contributed by atoms with E-state index in [9.17, 15) is 9.59 Å². The number of hydrogen-bond donors (Lipinski definition) is 0. The Morgan fingerprint density at radius 1 is 1.33 bits per heavy atom. The number of piperidine rings is 1. The van der Waals surface area contributed by atoms with Gasteiger partial charge in [0.1, 0.15) is 5.60 Å². The minimum Gasteiger partial charge on any atom is -0.441 e. The van der Waals surface area contributed by atoms with E-state index in [1.165, 1.54) is 0 Å². The summed E-state index contributed by atoms with van der Waals surface area (Å²) >= 11 is 0. The Bertz CT molecular complexity index is 525. The highest BCUT2D eigenvalue weighted by molar-refractivity contribution is 5.79. The van der Waals surface area contributed by atoms with Crippen LogP contribution >= 0.6 is 0 Å². The predicted molar refractivity (Wildman–Crippen MR) is 102 cm³/mol. The van der Waals surface area contributed by atoms with E-state index in [2.05, 4.69) is 25.8 Å². The predicted octanol–water partition coefficient (Wildman–Crippen LogP) is 1.81. The average molecular weight is 382 g/mol. The summed E-state index contributed by atoms with van der Waals surface area (Å²) in [6.07, 6.45) is 3.07. The van der Waals surface area contributed by atoms with Crippen LogP contribution < -0.4 is 0 Å². The number of amides is 2. The van der Waals surface area contributed by atoms with Gasteiger partial charge in [0.2, 0.25) is 5.91 Å². The largest absolute Gasteiger partial charge is 0.441 e. The summed E-state index contributed by atoms with van der Waals surface area (Å²) in [4.78, 5) is 31.0. The molecule has 0 aromatic heterocycles. The van der Waals surface area contributed by atoms with Crippen LogP contribution in [0, 0.1) is 11.8 Å². The van der Waals surface area contributed by atoms with Crippen molar-refractivity contribution in [3.8, 4) is 0 Å². The lowest BCUT2D eigenvalue weighted by molar-refractivity contribution is -0.138. The molecule has 7 heteroatoms. The summed E-state index contributed by atoms with van der Waals surface area (Å²) in [5.74, 6) is 0.875. The number of ether oxygens (including phenoxy) is 2. The van der Waals surface area contributed by atoms with Crippen LogP contribution in [0.25, 0.3) is 0 Å². The highest BCUT2D eigenvalue weighted by Gasteiger charge is 2.47. The summed E-state index contributed by atoms with van der Waals surface area (Å²) in [6.45, 7) is 10.5. The molecule has 0 N–H and O–H groups in total. The fourth-order valence-electron chi connectivity index (χ4n) is 4.49. The quantitative estimate of drug-likeness (QED) is 0.673. The zero-order valence-electron chi connectivity index (χ0n) is 17.1. The SMILES string of the molecule is CC(C)CN(C)CCCN1CC2(CCN(C(=O)[C@H]3CCOC3)CC2)OC1=O. The first-order valence-electron chi connectivity index (χ1n) is 10.4. The molecule has 154 valence electrons. The Labute approximate surface area is 162 Å². The van der Waals surface area contributed by atoms with Crippen molar-refractivity contribution >= 4 is 12.0 Å². The van der Waals surface area contributed by atoms with Crippen molar-refractivity contribution in [2.75, 3.05) is 59.5 Å². The van der Waals surface area contributed by atoms with Gasteiger partial charge in [-0.3, -0.25) is 4.79 Å². The fraction of sp³-hybridized carbons (Fsp3) is 0.900. The van der Waals surface area contributed by atoms with Gasteiger partial charge in [-0.1, -0.05) is 13.8 Å². The van der Waals surface area contributed by atoms with E-state index in [0.717, 1.165) is 45.3 Å². The first-order valence-corrected chi connectivity index (χ1v) is 10.4. The molecule has 2 amide bonds. The lowest BCUT2D eigenvalue weighted by Crippen LogP contribution is -2.50. The zero-order valence-corrected chi connectivity index (χ0v) is 17.1. The molecule has 0 aliphatic carbocycles. The standard InChI is InChI=1S/C20H35N3O4/c1-16(2)13-21(3)8-4-9-23-15-20(27-19(23)25)6-10-22(11-7-20)18(24)17-5-12-26-14-17/h16-17H,4-15H2,1-3H3/t17-/m0/s1. The van der Waals surface area contributed by atoms with Crippen molar-refractivity contribution in [1.29, 1.82) is 0 Å². The Morgan fingerprint density at radius 2 is 2.07 bits per heavy atom. The average Bonchev–Trinajstić information content (AvgIpc) is 3.24. The van der Waals surface area contributed by atoms with Gasteiger partial charge in [-0.15, -0.1) is 0 Å². The molecule has 0 aromatic carbocycles. The van der Waals surface area contributed by atoms with Crippen LogP contribution in [0.4, 0.5) is 4.79 Å². The van der Waals surface area contributed by atoms with Gasteiger partial charge in [-0.05, 0) is 32.4 Å². The van der Waals surface area contributed by atoms with Crippen molar-refractivity contribution in [2.45, 2.75) is 45.1 Å². The smallest absolute Gasteiger partial charge is 0.410 e. The molecule has 3 fully saturated rings. The van der Waals surface area contributed by atoms with E-state index in [4.69, 9.17) is 9.47 Å². The molecule has 3 aliphatic rings. The molecule has 0 radical (unpaired) electrons. The highest BCUT2D eigenvalue weighted by atomic mass is 16.6. The normalized spacial score (nSPS) is 25.1. The molecule has 7 nitrogen and oxygen atoms in total. The lowest BCUT2D eigenvalue weighted by atomic mass is 9.90. The van der Waals surface area contributed by atoms with E-state index in [1.807, 2.05) is 9.80 Å². The number of carbonyl (C=O) groups excluding carboxylic acids is 2. The maximum absolute atomic E-state index is 12.5. The van der Waals surface area contributed by atoms with Gasteiger partial charge in [0.25, 0.3) is 0 Å². The Balaban J connectivity index is 1.42. The monoisotopic (exact) mass is 381 g/mol. The Morgan fingerprint density at radius 3 is 2.70 bits per heavy atom. The van der Waals surface area contributed by atoms with Crippen LogP contribution in [0.1, 0.15) is 39.5 Å². The molecule has 3 aliphatic heterocycles. The number of likely N-dealkylation sites (tertiary alicyclic amines) is 1. The maximum atomic E-state index is 12.5. The number of hydrogen-bond acceptors (Lipinski definition) is 5. The zero-order chi connectivity index (χ0) is 19.4. The molecule has 27 heavy (non-hydrogen) atoms. The van der Waals surface area contributed by atoms with Crippen LogP contribution in [0.15, 0.2) is 0 Å². The summed E-state index contributed by atoms with van der Waals surface area (Å²) < 4.78 is 11.1. The molecule has 1 atom stereocenters. The van der Waals surface area contributed by atoms with Crippen LogP contribution in [-0.4, -0.2) is 91.8 Å². The van der Waals surface area contributed by atoms with E-state index < -0.39 is 5.60 Å². The van der Waals surface area contributed by atoms with Gasteiger partial charge in [-0.25, -0.2) is 4.79 Å². The third-order valence-electron chi connectivity index (χ3n) is 5.95. The molecule has 3 rings (SSSR count). The minimum absolute atomic E-state index is 0.0181. The molecule has 0 bridgehead atoms. The molecule has 0 aromatic rings. The Hall–Kier alpha value is -1.34. The van der Waals surface area contributed by atoms with Gasteiger partial charge in [0, 0.05) is 45.6 Å². The fourth-order valence-corrected chi connectivity index (χ4v) is 4.49. The van der Waals surface area contributed by atoms with Crippen molar-refractivity contribution in [3.63, 3.8) is 0 Å². The molecule has 0 saturated carbocycles. The van der Waals surface area contributed by atoms with Crippen molar-refractivity contribution in [2.24, 2.45) is 11.8 Å². The van der Waals surface area contributed by atoms with Crippen LogP contribution in [0.5, 0.6) is 0 Å². The minimum atomic E-state index is -0.399. The summed E-state index contributed by atoms with van der Waals surface area (Å²) in [6, 6.07) is 0. The van der Waals surface area contributed by atoms with Gasteiger partial charge >= 0.3 is 6.09 Å². The van der Waals surface area contributed by atoms with E-state index in [1.54, 1.807) is 0 Å². The first-order chi connectivity index (χ1) is 12.9. The van der Waals surface area contributed by atoms with Gasteiger partial charge in [0.05, 0.1) is 19.1 Å². The van der Waals surface area contributed by atoms with Gasteiger partial charge in [0.15, 0.2) is 0 Å². The molecule has 3 saturated heterocycles. The number of carbonyl (C=O) groups is 2. The van der Waals surface area contributed by atoms with Gasteiger partial charge < -0.3 is 24.2 Å². The van der Waals surface area contributed by atoms with Crippen LogP contribution in [-0.2, 0) is 14.3 Å². The topological polar surface area (TPSA) is 62.3 Å². The second-order valence-corrected chi connectivity index (χ2v) is 8.87. The second kappa shape index (κ2) is 8.78. The molecule has 3 heterocycles. The maximum Gasteiger partial charge on any atom is 0.410 e. The van der Waals surface area contributed by atoms with E-state index >= 15 is 0 Å².